The Morgan fingerprint density at radius 3 is 2.65 bits per heavy atom. The molecule has 2 heterocycles. The van der Waals surface area contributed by atoms with Crippen molar-refractivity contribution < 1.29 is 14.3 Å². The third kappa shape index (κ3) is 4.43. The summed E-state index contributed by atoms with van der Waals surface area (Å²) in [5.41, 5.74) is 3.69. The van der Waals surface area contributed by atoms with E-state index < -0.39 is 0 Å². The van der Waals surface area contributed by atoms with Crippen molar-refractivity contribution in [1.29, 1.82) is 0 Å². The van der Waals surface area contributed by atoms with Gasteiger partial charge < -0.3 is 14.8 Å². The van der Waals surface area contributed by atoms with Crippen LogP contribution in [-0.4, -0.2) is 50.8 Å². The summed E-state index contributed by atoms with van der Waals surface area (Å²) in [6.45, 7) is 2.02. The minimum atomic E-state index is -0.203. The zero-order valence-corrected chi connectivity index (χ0v) is 18.0. The van der Waals surface area contributed by atoms with Crippen molar-refractivity contribution in [3.8, 4) is 17.2 Å². The highest BCUT2D eigenvalue weighted by molar-refractivity contribution is 8.00. The van der Waals surface area contributed by atoms with E-state index in [0.717, 1.165) is 11.3 Å². The quantitative estimate of drug-likeness (QED) is 0.348. The minimum absolute atomic E-state index is 0.138. The number of anilines is 1. The normalized spacial score (nSPS) is 10.8. The van der Waals surface area contributed by atoms with Crippen LogP contribution < -0.4 is 14.8 Å². The van der Waals surface area contributed by atoms with E-state index in [0.29, 0.717) is 33.4 Å². The molecule has 0 aliphatic heterocycles. The molecular formula is C21H20N6O3S. The number of nitrogens with zero attached hydrogens (tertiary/aromatic N) is 5. The van der Waals surface area contributed by atoms with Gasteiger partial charge in [-0.1, -0.05) is 34.7 Å². The molecule has 0 spiro atoms. The molecule has 0 saturated heterocycles. The van der Waals surface area contributed by atoms with Gasteiger partial charge in [-0.15, -0.1) is 5.10 Å². The monoisotopic (exact) mass is 436 g/mol. The number of fused-ring (bicyclic) bond motifs is 1. The van der Waals surface area contributed by atoms with Gasteiger partial charge in [-0.05, 0) is 31.2 Å². The van der Waals surface area contributed by atoms with E-state index in [9.17, 15) is 4.79 Å². The average Bonchev–Trinajstić information content (AvgIpc) is 3.23. The van der Waals surface area contributed by atoms with E-state index in [2.05, 4.69) is 25.6 Å². The minimum Gasteiger partial charge on any atom is -0.497 e. The number of thioether (sulfide) groups is 1. The molecule has 2 aromatic carbocycles. The molecule has 1 N–H and O–H groups in total. The van der Waals surface area contributed by atoms with Gasteiger partial charge in [-0.3, -0.25) is 4.79 Å². The lowest BCUT2D eigenvalue weighted by molar-refractivity contribution is -0.113. The Bertz CT molecular complexity index is 1230. The van der Waals surface area contributed by atoms with Crippen LogP contribution in [0.2, 0.25) is 0 Å². The molecule has 0 aliphatic rings. The number of hydrogen-bond donors (Lipinski definition) is 1. The molecule has 0 saturated carbocycles. The number of methoxy groups -OCH3 is 2. The molecule has 0 unspecified atom stereocenters. The Hall–Kier alpha value is -3.66. The highest BCUT2D eigenvalue weighted by Crippen LogP contribution is 2.30. The van der Waals surface area contributed by atoms with Crippen LogP contribution in [0.15, 0.2) is 53.8 Å². The summed E-state index contributed by atoms with van der Waals surface area (Å²) in [5.74, 6) is 1.09. The van der Waals surface area contributed by atoms with E-state index in [1.54, 1.807) is 30.0 Å². The molecule has 0 fully saturated rings. The van der Waals surface area contributed by atoms with Crippen LogP contribution in [0.5, 0.6) is 11.5 Å². The highest BCUT2D eigenvalue weighted by atomic mass is 32.2. The van der Waals surface area contributed by atoms with E-state index >= 15 is 0 Å². The predicted molar refractivity (Wildman–Crippen MR) is 118 cm³/mol. The Kier molecular flexibility index (Phi) is 5.99. The van der Waals surface area contributed by atoms with Crippen LogP contribution in [0, 0.1) is 6.92 Å². The molecule has 2 aromatic heterocycles. The van der Waals surface area contributed by atoms with Crippen LogP contribution in [0.3, 0.4) is 0 Å². The number of hydrogen-bond acceptors (Lipinski definition) is 8. The van der Waals surface area contributed by atoms with Crippen LogP contribution in [0.1, 0.15) is 5.56 Å². The van der Waals surface area contributed by atoms with Crippen molar-refractivity contribution in [3.63, 3.8) is 0 Å². The highest BCUT2D eigenvalue weighted by Gasteiger charge is 2.15. The molecular weight excluding hydrogens is 416 g/mol. The largest absolute Gasteiger partial charge is 0.497 e. The molecule has 0 aliphatic carbocycles. The molecule has 10 heteroatoms. The van der Waals surface area contributed by atoms with Gasteiger partial charge >= 0.3 is 0 Å². The first kappa shape index (κ1) is 20.6. The second-order valence-corrected chi connectivity index (χ2v) is 7.55. The molecule has 4 aromatic rings. The number of carbonyl (C=O) groups is 1. The number of ether oxygens (including phenoxy) is 2. The number of rotatable bonds is 7. The van der Waals surface area contributed by atoms with Gasteiger partial charge in [0.1, 0.15) is 22.9 Å². The number of aryl methyl sites for hydroxylation is 1. The van der Waals surface area contributed by atoms with E-state index in [4.69, 9.17) is 9.47 Å². The van der Waals surface area contributed by atoms with Gasteiger partial charge in [0.25, 0.3) is 0 Å². The molecule has 9 nitrogen and oxygen atoms in total. The summed E-state index contributed by atoms with van der Waals surface area (Å²) < 4.78 is 12.2. The summed E-state index contributed by atoms with van der Waals surface area (Å²) in [7, 11) is 3.11. The van der Waals surface area contributed by atoms with Crippen molar-refractivity contribution in [2.75, 3.05) is 25.3 Å². The van der Waals surface area contributed by atoms with Crippen molar-refractivity contribution in [2.24, 2.45) is 0 Å². The van der Waals surface area contributed by atoms with Gasteiger partial charge in [-0.25, -0.2) is 9.97 Å². The second kappa shape index (κ2) is 9.00. The fraction of sp³-hybridized carbons (Fsp3) is 0.190. The van der Waals surface area contributed by atoms with E-state index in [1.807, 2.05) is 31.2 Å². The van der Waals surface area contributed by atoms with Gasteiger partial charge in [0.05, 0.1) is 31.3 Å². The summed E-state index contributed by atoms with van der Waals surface area (Å²) in [4.78, 5) is 21.1. The van der Waals surface area contributed by atoms with Gasteiger partial charge in [0.15, 0.2) is 11.2 Å². The lowest BCUT2D eigenvalue weighted by Crippen LogP contribution is -2.15. The molecule has 0 bridgehead atoms. The van der Waals surface area contributed by atoms with Gasteiger partial charge in [0, 0.05) is 6.07 Å². The Morgan fingerprint density at radius 2 is 1.90 bits per heavy atom. The zero-order valence-electron chi connectivity index (χ0n) is 17.2. The van der Waals surface area contributed by atoms with Crippen molar-refractivity contribution >= 4 is 34.5 Å². The molecule has 0 radical (unpaired) electrons. The van der Waals surface area contributed by atoms with E-state index in [-0.39, 0.29) is 11.7 Å². The third-order valence-corrected chi connectivity index (χ3v) is 5.48. The maximum atomic E-state index is 12.5. The molecule has 0 atom stereocenters. The molecule has 4 rings (SSSR count). The Labute approximate surface area is 182 Å². The number of nitrogens with one attached hydrogen (secondary N) is 1. The standard InChI is InChI=1S/C21H20N6O3S/c1-13-4-6-14(7-5-13)27-20-19(25-26-27)21(23-12-22-20)31-11-18(28)24-16-9-8-15(29-2)10-17(16)30-3/h4-10,12H,11H2,1-3H3,(H,24,28). The average molecular weight is 436 g/mol. The maximum absolute atomic E-state index is 12.5. The number of benzene rings is 2. The smallest absolute Gasteiger partial charge is 0.234 e. The lowest BCUT2D eigenvalue weighted by Gasteiger charge is -2.11. The van der Waals surface area contributed by atoms with Crippen molar-refractivity contribution in [3.05, 3.63) is 54.4 Å². The SMILES string of the molecule is COc1ccc(NC(=O)CSc2ncnc3c2nnn3-c2ccc(C)cc2)c(OC)c1. The third-order valence-electron chi connectivity index (χ3n) is 4.51. The van der Waals surface area contributed by atoms with Crippen LogP contribution in [0.4, 0.5) is 5.69 Å². The number of aromatic nitrogens is 5. The van der Waals surface area contributed by atoms with Gasteiger partial charge in [-0.2, -0.15) is 4.68 Å². The predicted octanol–water partition coefficient (Wildman–Crippen LogP) is 3.27. The molecule has 158 valence electrons. The maximum Gasteiger partial charge on any atom is 0.234 e. The Morgan fingerprint density at radius 1 is 1.10 bits per heavy atom. The van der Waals surface area contributed by atoms with Crippen molar-refractivity contribution in [1.82, 2.24) is 25.0 Å². The molecule has 1 amide bonds. The fourth-order valence-electron chi connectivity index (χ4n) is 2.92. The summed E-state index contributed by atoms with van der Waals surface area (Å²) in [5, 5.41) is 11.9. The summed E-state index contributed by atoms with van der Waals surface area (Å²) in [6, 6.07) is 13.1. The zero-order chi connectivity index (χ0) is 21.8. The van der Waals surface area contributed by atoms with Crippen molar-refractivity contribution in [2.45, 2.75) is 11.9 Å². The number of amides is 1. The summed E-state index contributed by atoms with van der Waals surface area (Å²) in [6.07, 6.45) is 1.45. The van der Waals surface area contributed by atoms with Crippen LogP contribution in [-0.2, 0) is 4.79 Å². The van der Waals surface area contributed by atoms with Gasteiger partial charge in [0.2, 0.25) is 5.91 Å². The Balaban J connectivity index is 1.49. The first-order chi connectivity index (χ1) is 15.1. The first-order valence-electron chi connectivity index (χ1n) is 9.37. The lowest BCUT2D eigenvalue weighted by atomic mass is 10.2. The topological polar surface area (TPSA) is 104 Å². The first-order valence-corrected chi connectivity index (χ1v) is 10.4. The fourth-order valence-corrected chi connectivity index (χ4v) is 3.65. The van der Waals surface area contributed by atoms with Crippen LogP contribution >= 0.6 is 11.8 Å². The second-order valence-electron chi connectivity index (χ2n) is 6.59. The van der Waals surface area contributed by atoms with Crippen LogP contribution in [0.25, 0.3) is 16.9 Å². The van der Waals surface area contributed by atoms with E-state index in [1.165, 1.54) is 25.2 Å². The molecule has 31 heavy (non-hydrogen) atoms. The summed E-state index contributed by atoms with van der Waals surface area (Å²) >= 11 is 1.26. The number of carbonyl (C=O) groups excluding carboxylic acids is 1.